The first-order valence-electron chi connectivity index (χ1n) is 11.4. The summed E-state index contributed by atoms with van der Waals surface area (Å²) in [7, 11) is -2.55. The molecule has 7 heteroatoms. The van der Waals surface area contributed by atoms with Crippen molar-refractivity contribution < 1.29 is 52.6 Å². The Kier molecular flexibility index (Phi) is 15.6. The molecule has 0 fully saturated rings. The molecule has 0 aliphatic carbocycles. The van der Waals surface area contributed by atoms with Crippen LogP contribution in [0.4, 0.5) is 0 Å². The summed E-state index contributed by atoms with van der Waals surface area (Å²) in [4.78, 5) is 0. The van der Waals surface area contributed by atoms with E-state index in [0.717, 1.165) is 6.61 Å². The second kappa shape index (κ2) is 15.8. The van der Waals surface area contributed by atoms with Gasteiger partial charge >= 0.3 is 41.9 Å². The number of halogens is 2. The Labute approximate surface area is 236 Å². The van der Waals surface area contributed by atoms with E-state index in [0.29, 0.717) is 0 Å². The molecular formula is C27H38Cl2OSi3Zr-2. The summed E-state index contributed by atoms with van der Waals surface area (Å²) in [6.07, 6.45) is 0. The van der Waals surface area contributed by atoms with Crippen molar-refractivity contribution in [2.75, 3.05) is 6.61 Å². The molecule has 0 aromatic heterocycles. The van der Waals surface area contributed by atoms with E-state index in [1.54, 1.807) is 28.5 Å². The van der Waals surface area contributed by atoms with Crippen molar-refractivity contribution in [1.29, 1.82) is 0 Å². The first kappa shape index (κ1) is 33.7. The Morgan fingerprint density at radius 3 is 1.71 bits per heavy atom. The van der Waals surface area contributed by atoms with Crippen LogP contribution in [-0.2, 0) is 27.8 Å². The van der Waals surface area contributed by atoms with Crippen LogP contribution in [-0.4, -0.2) is 28.4 Å². The normalized spacial score (nSPS) is 10.9. The van der Waals surface area contributed by atoms with Crippen LogP contribution in [0.1, 0.15) is 0 Å². The average Bonchev–Trinajstić information content (AvgIpc) is 3.35. The SMILES string of the molecule is C[Si](C)(C)OCC[Si](C)(C)c1cc[cH-]c1.C[Si](C)=[Zr+2].[Cl-].[Cl-].c1ccc2c(c1)[cH-]c1ccccc12. The standard InChI is InChI=1S/C13H9.C12H23OSi2.C2H6Si.2ClH.Zr/c1-3-7-12-10(5-1)9-11-6-2-4-8-13(11)12;1-14(2,3)13-10-11-15(4,5)12-8-6-7-9-12;1-3-2;;;/h1-9H;6-9H,10-11H2,1-5H3;1-2H3;2*1H;/q2*-1;;;;+2/p-2. The van der Waals surface area contributed by atoms with Crippen LogP contribution in [0.2, 0.25) is 51.9 Å². The summed E-state index contributed by atoms with van der Waals surface area (Å²) in [6, 6.07) is 29.3. The van der Waals surface area contributed by atoms with Gasteiger partial charge in [0.15, 0.2) is 8.32 Å². The number of hydrogen-bond donors (Lipinski definition) is 0. The van der Waals surface area contributed by atoms with Gasteiger partial charge in [-0.2, -0.15) is 18.2 Å². The molecule has 4 aromatic carbocycles. The monoisotopic (exact) mass is 622 g/mol. The summed E-state index contributed by atoms with van der Waals surface area (Å²) in [5, 5.41) is 6.95. The van der Waals surface area contributed by atoms with Gasteiger partial charge in [0.05, 0.1) is 0 Å². The van der Waals surface area contributed by atoms with Crippen LogP contribution in [0, 0.1) is 0 Å². The fraction of sp³-hybridized carbons (Fsp3) is 0.333. The first-order chi connectivity index (χ1) is 15.0. The van der Waals surface area contributed by atoms with Gasteiger partial charge in [-0.15, -0.1) is 39.7 Å². The summed E-state index contributed by atoms with van der Waals surface area (Å²) < 4.78 is 5.94. The molecule has 0 aliphatic rings. The zero-order valence-corrected chi connectivity index (χ0v) is 28.6. The molecule has 0 saturated carbocycles. The number of fused-ring (bicyclic) bond motifs is 3. The molecule has 0 amide bonds. The van der Waals surface area contributed by atoms with E-state index in [-0.39, 0.29) is 30.2 Å². The Morgan fingerprint density at radius 1 is 0.824 bits per heavy atom. The molecule has 4 aromatic rings. The van der Waals surface area contributed by atoms with Crippen molar-refractivity contribution in [1.82, 2.24) is 0 Å². The molecule has 184 valence electrons. The van der Waals surface area contributed by atoms with Crippen molar-refractivity contribution in [3.63, 3.8) is 0 Å². The number of rotatable bonds is 5. The molecule has 0 bridgehead atoms. The van der Waals surface area contributed by atoms with Crippen LogP contribution >= 0.6 is 0 Å². The average molecular weight is 625 g/mol. The maximum atomic E-state index is 5.94. The third-order valence-electron chi connectivity index (χ3n) is 5.23. The molecule has 0 N–H and O–H groups in total. The van der Waals surface area contributed by atoms with E-state index < -0.39 is 16.4 Å². The third-order valence-corrected chi connectivity index (χ3v) is 9.65. The quantitative estimate of drug-likeness (QED) is 0.243. The van der Waals surface area contributed by atoms with E-state index in [2.05, 4.69) is 125 Å². The molecule has 0 unspecified atom stereocenters. The predicted octanol–water partition coefficient (Wildman–Crippen LogP) is 1.68. The minimum absolute atomic E-state index is 0. The Balaban J connectivity index is 0.000000529. The minimum Gasteiger partial charge on any atom is -1.00 e. The minimum atomic E-state index is -1.32. The predicted molar refractivity (Wildman–Crippen MR) is 148 cm³/mol. The Hall–Kier alpha value is -0.266. The second-order valence-corrected chi connectivity index (χ2v) is 28.8. The van der Waals surface area contributed by atoms with Crippen LogP contribution in [0.15, 0.2) is 78.9 Å². The summed E-state index contributed by atoms with van der Waals surface area (Å²) in [6.45, 7) is 17.2. The van der Waals surface area contributed by atoms with Crippen molar-refractivity contribution in [3.8, 4) is 0 Å². The van der Waals surface area contributed by atoms with E-state index in [1.807, 2.05) is 0 Å². The maximum Gasteiger partial charge on any atom is -0.0771 e. The molecular weight excluding hydrogens is 587 g/mol. The van der Waals surface area contributed by atoms with Crippen LogP contribution in [0.5, 0.6) is 0 Å². The van der Waals surface area contributed by atoms with Gasteiger partial charge < -0.3 is 29.2 Å². The molecule has 4 rings (SSSR count). The zero-order chi connectivity index (χ0) is 23.8. The van der Waals surface area contributed by atoms with Crippen molar-refractivity contribution >= 4 is 48.6 Å². The third kappa shape index (κ3) is 11.6. The van der Waals surface area contributed by atoms with Crippen molar-refractivity contribution in [2.24, 2.45) is 0 Å². The van der Waals surface area contributed by atoms with Crippen LogP contribution in [0.25, 0.3) is 21.5 Å². The Morgan fingerprint density at radius 2 is 1.29 bits per heavy atom. The molecule has 34 heavy (non-hydrogen) atoms. The molecule has 0 aliphatic heterocycles. The van der Waals surface area contributed by atoms with Gasteiger partial charge in [0.2, 0.25) is 0 Å². The largest absolute Gasteiger partial charge is 1.00 e. The summed E-state index contributed by atoms with van der Waals surface area (Å²) >= 11 is 1.74. The molecule has 1 nitrogen and oxygen atoms in total. The van der Waals surface area contributed by atoms with E-state index in [4.69, 9.17) is 4.43 Å². The topological polar surface area (TPSA) is 9.23 Å². The van der Waals surface area contributed by atoms with Crippen LogP contribution in [0.3, 0.4) is 0 Å². The van der Waals surface area contributed by atoms with Gasteiger partial charge in [0.1, 0.15) is 0 Å². The zero-order valence-electron chi connectivity index (χ0n) is 21.6. The smallest absolute Gasteiger partial charge is 0.0771 e. The van der Waals surface area contributed by atoms with E-state index in [9.17, 15) is 0 Å². The maximum absolute atomic E-state index is 5.94. The van der Waals surface area contributed by atoms with Crippen molar-refractivity contribution in [3.05, 3.63) is 78.9 Å². The number of benzene rings is 2. The van der Waals surface area contributed by atoms with Crippen LogP contribution < -0.4 is 30.0 Å². The van der Waals surface area contributed by atoms with Gasteiger partial charge in [-0.25, -0.2) is 11.3 Å². The molecule has 0 saturated heterocycles. The Bertz CT molecular complexity index is 1060. The summed E-state index contributed by atoms with van der Waals surface area (Å²) in [5.41, 5.74) is 0.210. The fourth-order valence-electron chi connectivity index (χ4n) is 3.49. The van der Waals surface area contributed by atoms with E-state index in [1.165, 1.54) is 27.6 Å². The molecule has 0 atom stereocenters. The number of hydrogen-bond acceptors (Lipinski definition) is 1. The first-order valence-corrected chi connectivity index (χ1v) is 24.2. The van der Waals surface area contributed by atoms with E-state index >= 15 is 0 Å². The fourth-order valence-corrected chi connectivity index (χ4v) is 6.40. The molecule has 0 heterocycles. The van der Waals surface area contributed by atoms with Crippen molar-refractivity contribution in [2.45, 2.75) is 51.9 Å². The molecule has 0 spiro atoms. The summed E-state index contributed by atoms with van der Waals surface area (Å²) in [5.74, 6) is 0. The van der Waals surface area contributed by atoms with Gasteiger partial charge in [-0.1, -0.05) is 49.5 Å². The second-order valence-electron chi connectivity index (χ2n) is 10.1. The van der Waals surface area contributed by atoms with Gasteiger partial charge in [0.25, 0.3) is 0 Å². The van der Waals surface area contributed by atoms with Gasteiger partial charge in [-0.05, 0) is 25.7 Å². The van der Waals surface area contributed by atoms with Gasteiger partial charge in [0, 0.05) is 14.7 Å². The molecule has 0 radical (unpaired) electrons. The van der Waals surface area contributed by atoms with Gasteiger partial charge in [-0.3, -0.25) is 0 Å².